The summed E-state index contributed by atoms with van der Waals surface area (Å²) in [5, 5.41) is 19.1. The number of methoxy groups -OCH3 is 1. The van der Waals surface area contributed by atoms with Crippen molar-refractivity contribution in [3.8, 4) is 5.75 Å². The highest BCUT2D eigenvalue weighted by Crippen LogP contribution is 2.24. The summed E-state index contributed by atoms with van der Waals surface area (Å²) >= 11 is 0. The summed E-state index contributed by atoms with van der Waals surface area (Å²) < 4.78 is 18.5. The van der Waals surface area contributed by atoms with Gasteiger partial charge in [0, 0.05) is 6.54 Å². The zero-order chi connectivity index (χ0) is 16.1. The van der Waals surface area contributed by atoms with E-state index in [4.69, 9.17) is 9.84 Å². The molecule has 0 aromatic heterocycles. The zero-order valence-electron chi connectivity index (χ0n) is 12.7. The first-order valence-corrected chi connectivity index (χ1v) is 7.48. The van der Waals surface area contributed by atoms with Crippen molar-refractivity contribution in [3.63, 3.8) is 0 Å². The van der Waals surface area contributed by atoms with Crippen LogP contribution in [0.3, 0.4) is 0 Å². The lowest BCUT2D eigenvalue weighted by atomic mass is 9.96. The smallest absolute Gasteiger partial charge is 0.306 e. The Morgan fingerprint density at radius 3 is 2.68 bits per heavy atom. The third-order valence-corrected chi connectivity index (χ3v) is 4.22. The van der Waals surface area contributed by atoms with Crippen LogP contribution in [0.1, 0.15) is 30.9 Å². The zero-order valence-corrected chi connectivity index (χ0v) is 12.7. The number of rotatable bonds is 6. The molecule has 1 aliphatic heterocycles. The SMILES string of the molecule is COc1ccc(C(O)CCN2CCC(C(=O)O)CC2)cc1F. The van der Waals surface area contributed by atoms with Gasteiger partial charge in [0.15, 0.2) is 11.6 Å². The van der Waals surface area contributed by atoms with E-state index in [2.05, 4.69) is 4.90 Å². The summed E-state index contributed by atoms with van der Waals surface area (Å²) in [6.07, 6.45) is 1.03. The van der Waals surface area contributed by atoms with Crippen LogP contribution in [-0.2, 0) is 4.79 Å². The molecule has 1 atom stereocenters. The molecule has 0 spiro atoms. The van der Waals surface area contributed by atoms with Gasteiger partial charge < -0.3 is 19.8 Å². The van der Waals surface area contributed by atoms with Crippen molar-refractivity contribution >= 4 is 5.97 Å². The number of carboxylic acids is 1. The molecule has 1 aromatic rings. The van der Waals surface area contributed by atoms with E-state index in [9.17, 15) is 14.3 Å². The Morgan fingerprint density at radius 1 is 1.45 bits per heavy atom. The number of likely N-dealkylation sites (tertiary alicyclic amines) is 1. The Bertz CT molecular complexity index is 515. The van der Waals surface area contributed by atoms with Gasteiger partial charge in [-0.25, -0.2) is 4.39 Å². The number of aliphatic hydroxyl groups is 1. The van der Waals surface area contributed by atoms with Crippen LogP contribution in [0.15, 0.2) is 18.2 Å². The van der Waals surface area contributed by atoms with Crippen molar-refractivity contribution in [2.45, 2.75) is 25.4 Å². The maximum Gasteiger partial charge on any atom is 0.306 e. The average molecular weight is 311 g/mol. The van der Waals surface area contributed by atoms with Gasteiger partial charge >= 0.3 is 5.97 Å². The van der Waals surface area contributed by atoms with E-state index >= 15 is 0 Å². The predicted molar refractivity (Wildman–Crippen MR) is 79.3 cm³/mol. The molecular formula is C16H22FNO4. The van der Waals surface area contributed by atoms with Crippen molar-refractivity contribution in [1.29, 1.82) is 0 Å². The van der Waals surface area contributed by atoms with Crippen LogP contribution in [0.4, 0.5) is 4.39 Å². The highest BCUT2D eigenvalue weighted by Gasteiger charge is 2.24. The molecular weight excluding hydrogens is 289 g/mol. The number of aliphatic hydroxyl groups excluding tert-OH is 1. The third-order valence-electron chi connectivity index (χ3n) is 4.22. The van der Waals surface area contributed by atoms with Crippen molar-refractivity contribution in [2.24, 2.45) is 5.92 Å². The lowest BCUT2D eigenvalue weighted by Gasteiger charge is -2.30. The molecule has 6 heteroatoms. The van der Waals surface area contributed by atoms with Gasteiger partial charge in [0.25, 0.3) is 0 Å². The molecule has 1 heterocycles. The Balaban J connectivity index is 1.82. The fourth-order valence-corrected chi connectivity index (χ4v) is 2.76. The molecule has 22 heavy (non-hydrogen) atoms. The van der Waals surface area contributed by atoms with Crippen molar-refractivity contribution < 1.29 is 24.1 Å². The minimum atomic E-state index is -0.738. The van der Waals surface area contributed by atoms with E-state index in [1.165, 1.54) is 19.2 Å². The van der Waals surface area contributed by atoms with Gasteiger partial charge in [0.2, 0.25) is 0 Å². The lowest BCUT2D eigenvalue weighted by Crippen LogP contribution is -2.37. The van der Waals surface area contributed by atoms with Crippen LogP contribution in [0.5, 0.6) is 5.75 Å². The number of aliphatic carboxylic acids is 1. The molecule has 122 valence electrons. The highest BCUT2D eigenvalue weighted by atomic mass is 19.1. The first-order valence-electron chi connectivity index (χ1n) is 7.48. The first kappa shape index (κ1) is 16.7. The third kappa shape index (κ3) is 4.18. The van der Waals surface area contributed by atoms with Gasteiger partial charge in [-0.2, -0.15) is 0 Å². The van der Waals surface area contributed by atoms with Gasteiger partial charge in [0.05, 0.1) is 19.1 Å². The fraction of sp³-hybridized carbons (Fsp3) is 0.562. The molecule has 0 saturated carbocycles. The number of benzene rings is 1. The number of hydrogen-bond donors (Lipinski definition) is 2. The van der Waals surface area contributed by atoms with Crippen LogP contribution in [0.2, 0.25) is 0 Å². The normalized spacial score (nSPS) is 18.1. The second kappa shape index (κ2) is 7.56. The molecule has 0 bridgehead atoms. The summed E-state index contributed by atoms with van der Waals surface area (Å²) in [7, 11) is 1.40. The van der Waals surface area contributed by atoms with E-state index in [0.717, 1.165) is 13.1 Å². The van der Waals surface area contributed by atoms with E-state index in [0.29, 0.717) is 31.4 Å². The van der Waals surface area contributed by atoms with Crippen LogP contribution in [0, 0.1) is 11.7 Å². The molecule has 1 fully saturated rings. The topological polar surface area (TPSA) is 70.0 Å². The highest BCUT2D eigenvalue weighted by molar-refractivity contribution is 5.70. The maximum atomic E-state index is 13.6. The number of carbonyl (C=O) groups is 1. The summed E-state index contributed by atoms with van der Waals surface area (Å²) in [5.74, 6) is -1.31. The molecule has 2 N–H and O–H groups in total. The monoisotopic (exact) mass is 311 g/mol. The van der Waals surface area contributed by atoms with Gasteiger partial charge in [-0.05, 0) is 50.0 Å². The quantitative estimate of drug-likeness (QED) is 0.841. The van der Waals surface area contributed by atoms with E-state index < -0.39 is 17.9 Å². The minimum absolute atomic E-state index is 0.159. The molecule has 0 amide bonds. The molecule has 2 rings (SSSR count). The van der Waals surface area contributed by atoms with E-state index in [1.807, 2.05) is 0 Å². The van der Waals surface area contributed by atoms with Crippen molar-refractivity contribution in [2.75, 3.05) is 26.7 Å². The summed E-state index contributed by atoms with van der Waals surface area (Å²) in [6, 6.07) is 4.45. The number of nitrogens with zero attached hydrogens (tertiary/aromatic N) is 1. The van der Waals surface area contributed by atoms with Gasteiger partial charge in [-0.1, -0.05) is 6.07 Å². The molecule has 0 aliphatic carbocycles. The fourth-order valence-electron chi connectivity index (χ4n) is 2.76. The van der Waals surface area contributed by atoms with E-state index in [-0.39, 0.29) is 11.7 Å². The number of halogens is 1. The molecule has 1 aromatic carbocycles. The molecule has 1 unspecified atom stereocenters. The summed E-state index contributed by atoms with van der Waals surface area (Å²) in [5.41, 5.74) is 0.527. The molecule has 5 nitrogen and oxygen atoms in total. The van der Waals surface area contributed by atoms with Gasteiger partial charge in [0.1, 0.15) is 0 Å². The summed E-state index contributed by atoms with van der Waals surface area (Å²) in [4.78, 5) is 13.0. The number of carboxylic acid groups (broad SMARTS) is 1. The maximum absolute atomic E-state index is 13.6. The van der Waals surface area contributed by atoms with Crippen LogP contribution < -0.4 is 4.74 Å². The summed E-state index contributed by atoms with van der Waals surface area (Å²) in [6.45, 7) is 2.11. The van der Waals surface area contributed by atoms with Gasteiger partial charge in [-0.3, -0.25) is 4.79 Å². The minimum Gasteiger partial charge on any atom is -0.494 e. The van der Waals surface area contributed by atoms with Crippen LogP contribution >= 0.6 is 0 Å². The Morgan fingerprint density at radius 2 is 2.14 bits per heavy atom. The van der Waals surface area contributed by atoms with E-state index in [1.54, 1.807) is 6.07 Å². The van der Waals surface area contributed by atoms with Crippen LogP contribution in [0.25, 0.3) is 0 Å². The second-order valence-electron chi connectivity index (χ2n) is 5.65. The van der Waals surface area contributed by atoms with Crippen LogP contribution in [-0.4, -0.2) is 47.8 Å². The lowest BCUT2D eigenvalue weighted by molar-refractivity contribution is -0.143. The Hall–Kier alpha value is -1.66. The predicted octanol–water partition coefficient (Wildman–Crippen LogP) is 2.05. The standard InChI is InChI=1S/C16H22FNO4/c1-22-15-3-2-12(10-13(15)17)14(19)6-9-18-7-4-11(5-8-18)16(20)21/h2-3,10-11,14,19H,4-9H2,1H3,(H,20,21). The molecule has 1 aliphatic rings. The number of hydrogen-bond acceptors (Lipinski definition) is 4. The van der Waals surface area contributed by atoms with Crippen molar-refractivity contribution in [3.05, 3.63) is 29.6 Å². The Kier molecular flexibility index (Phi) is 5.74. The van der Waals surface area contributed by atoms with Crippen molar-refractivity contribution in [1.82, 2.24) is 4.90 Å². The molecule has 0 radical (unpaired) electrons. The number of piperidine rings is 1. The second-order valence-corrected chi connectivity index (χ2v) is 5.65. The molecule has 1 saturated heterocycles. The number of ether oxygens (including phenoxy) is 1. The average Bonchev–Trinajstić information content (AvgIpc) is 2.52. The first-order chi connectivity index (χ1) is 10.5. The Labute approximate surface area is 129 Å². The largest absolute Gasteiger partial charge is 0.494 e. The van der Waals surface area contributed by atoms with Gasteiger partial charge in [-0.15, -0.1) is 0 Å².